The summed E-state index contributed by atoms with van der Waals surface area (Å²) in [5.41, 5.74) is 1.18. The van der Waals surface area contributed by atoms with Crippen LogP contribution in [0.15, 0.2) is 23.2 Å². The first kappa shape index (κ1) is 11.7. The highest BCUT2D eigenvalue weighted by molar-refractivity contribution is 7.89. The molecule has 90 valence electrons. The van der Waals surface area contributed by atoms with Crippen LogP contribution in [0.5, 0.6) is 0 Å². The molecule has 0 spiro atoms. The molecule has 0 aliphatic rings. The van der Waals surface area contributed by atoms with Crippen molar-refractivity contribution in [2.45, 2.75) is 18.7 Å². The average Bonchev–Trinajstić information content (AvgIpc) is 2.61. The molecule has 0 amide bonds. The van der Waals surface area contributed by atoms with Crippen molar-refractivity contribution in [1.82, 2.24) is 20.0 Å². The molecule has 17 heavy (non-hydrogen) atoms. The first-order chi connectivity index (χ1) is 7.89. The Kier molecular flexibility index (Phi) is 2.68. The molecule has 0 aliphatic heterocycles. The zero-order chi connectivity index (χ0) is 12.6. The second-order valence-corrected chi connectivity index (χ2v) is 5.11. The number of nitrogens with zero attached hydrogens (tertiary/aromatic N) is 4. The van der Waals surface area contributed by atoms with Crippen molar-refractivity contribution < 1.29 is 8.42 Å². The van der Waals surface area contributed by atoms with Gasteiger partial charge in [0, 0.05) is 0 Å². The molecule has 0 aromatic carbocycles. The summed E-state index contributed by atoms with van der Waals surface area (Å²) in [6.07, 6.45) is 1.20. The van der Waals surface area contributed by atoms with E-state index in [4.69, 9.17) is 5.14 Å². The molecule has 0 fully saturated rings. The van der Waals surface area contributed by atoms with Crippen molar-refractivity contribution in [3.63, 3.8) is 0 Å². The van der Waals surface area contributed by atoms with Crippen LogP contribution in [0, 0.1) is 13.8 Å². The van der Waals surface area contributed by atoms with Crippen LogP contribution in [-0.2, 0) is 10.0 Å². The minimum absolute atomic E-state index is 0.0140. The number of aromatic nitrogens is 4. The van der Waals surface area contributed by atoms with Crippen LogP contribution in [0.25, 0.3) is 5.82 Å². The zero-order valence-corrected chi connectivity index (χ0v) is 10.1. The van der Waals surface area contributed by atoms with E-state index in [9.17, 15) is 8.42 Å². The van der Waals surface area contributed by atoms with E-state index in [1.807, 2.05) is 6.92 Å². The third-order valence-electron chi connectivity index (χ3n) is 2.27. The van der Waals surface area contributed by atoms with Crippen molar-refractivity contribution in [3.8, 4) is 5.82 Å². The lowest BCUT2D eigenvalue weighted by atomic mass is 10.4. The van der Waals surface area contributed by atoms with E-state index in [0.717, 1.165) is 5.69 Å². The van der Waals surface area contributed by atoms with E-state index >= 15 is 0 Å². The molecular formula is C9H11N5O2S. The van der Waals surface area contributed by atoms with Gasteiger partial charge in [-0.05, 0) is 26.0 Å². The lowest BCUT2D eigenvalue weighted by Gasteiger charge is -2.03. The summed E-state index contributed by atoms with van der Waals surface area (Å²) in [4.78, 5) is -0.0140. The van der Waals surface area contributed by atoms with Gasteiger partial charge in [-0.1, -0.05) is 0 Å². The van der Waals surface area contributed by atoms with Crippen molar-refractivity contribution in [2.24, 2.45) is 5.14 Å². The SMILES string of the molecule is Cc1ccc(-n2ncc(S(N)(=O)=O)c2C)nn1. The monoisotopic (exact) mass is 253 g/mol. The fraction of sp³-hybridized carbons (Fsp3) is 0.222. The van der Waals surface area contributed by atoms with Crippen LogP contribution in [0.4, 0.5) is 0 Å². The standard InChI is InChI=1S/C9H11N5O2S/c1-6-3-4-9(13-12-6)14-7(2)8(5-11-14)17(10,15)16/h3-5H,1-2H3,(H2,10,15,16). The van der Waals surface area contributed by atoms with Gasteiger partial charge >= 0.3 is 0 Å². The lowest BCUT2D eigenvalue weighted by molar-refractivity contribution is 0.597. The van der Waals surface area contributed by atoms with E-state index in [1.54, 1.807) is 19.1 Å². The average molecular weight is 253 g/mol. The van der Waals surface area contributed by atoms with Gasteiger partial charge in [0.2, 0.25) is 10.0 Å². The Bertz CT molecular complexity index is 645. The van der Waals surface area contributed by atoms with Crippen molar-refractivity contribution >= 4 is 10.0 Å². The van der Waals surface area contributed by atoms with Crippen LogP contribution in [0.2, 0.25) is 0 Å². The maximum absolute atomic E-state index is 11.2. The Labute approximate surface area is 98.3 Å². The highest BCUT2D eigenvalue weighted by Crippen LogP contribution is 2.15. The second-order valence-electron chi connectivity index (χ2n) is 3.58. The van der Waals surface area contributed by atoms with E-state index in [0.29, 0.717) is 11.5 Å². The van der Waals surface area contributed by atoms with Crippen LogP contribution in [-0.4, -0.2) is 28.4 Å². The Morgan fingerprint density at radius 1 is 1.24 bits per heavy atom. The smallest absolute Gasteiger partial charge is 0.225 e. The number of primary sulfonamides is 1. The summed E-state index contributed by atoms with van der Waals surface area (Å²) < 4.78 is 23.9. The molecule has 0 saturated heterocycles. The molecule has 2 N–H and O–H groups in total. The van der Waals surface area contributed by atoms with Gasteiger partial charge in [0.1, 0.15) is 4.90 Å². The molecule has 0 aliphatic carbocycles. The molecule has 0 unspecified atom stereocenters. The largest absolute Gasteiger partial charge is 0.241 e. The zero-order valence-electron chi connectivity index (χ0n) is 9.32. The summed E-state index contributed by atoms with van der Waals surface area (Å²) in [6, 6.07) is 3.47. The van der Waals surface area contributed by atoms with Gasteiger partial charge in [-0.15, -0.1) is 5.10 Å². The Hall–Kier alpha value is -1.80. The minimum Gasteiger partial charge on any atom is -0.225 e. The third kappa shape index (κ3) is 2.17. The summed E-state index contributed by atoms with van der Waals surface area (Å²) in [7, 11) is -3.76. The van der Waals surface area contributed by atoms with E-state index < -0.39 is 10.0 Å². The Morgan fingerprint density at radius 3 is 2.41 bits per heavy atom. The molecule has 0 saturated carbocycles. The summed E-state index contributed by atoms with van der Waals surface area (Å²) in [5.74, 6) is 0.447. The number of rotatable bonds is 2. The molecule has 7 nitrogen and oxygen atoms in total. The van der Waals surface area contributed by atoms with Crippen LogP contribution < -0.4 is 5.14 Å². The summed E-state index contributed by atoms with van der Waals surface area (Å²) in [5, 5.41) is 16.8. The van der Waals surface area contributed by atoms with Crippen LogP contribution >= 0.6 is 0 Å². The van der Waals surface area contributed by atoms with Crippen molar-refractivity contribution in [3.05, 3.63) is 29.7 Å². The van der Waals surface area contributed by atoms with Crippen molar-refractivity contribution in [2.75, 3.05) is 0 Å². The Morgan fingerprint density at radius 2 is 1.94 bits per heavy atom. The van der Waals surface area contributed by atoms with Crippen LogP contribution in [0.1, 0.15) is 11.4 Å². The van der Waals surface area contributed by atoms with E-state index in [2.05, 4.69) is 15.3 Å². The highest BCUT2D eigenvalue weighted by Gasteiger charge is 2.17. The third-order valence-corrected chi connectivity index (χ3v) is 3.29. The molecule has 2 heterocycles. The number of sulfonamides is 1. The van der Waals surface area contributed by atoms with Crippen molar-refractivity contribution in [1.29, 1.82) is 0 Å². The van der Waals surface area contributed by atoms with Gasteiger partial charge < -0.3 is 0 Å². The Balaban J connectivity index is 2.55. The van der Waals surface area contributed by atoms with Gasteiger partial charge in [0.25, 0.3) is 0 Å². The predicted octanol–water partition coefficient (Wildman–Crippen LogP) is -0.0735. The molecular weight excluding hydrogens is 242 g/mol. The fourth-order valence-electron chi connectivity index (χ4n) is 1.41. The molecule has 0 radical (unpaired) electrons. The molecule has 2 aromatic rings. The van der Waals surface area contributed by atoms with Crippen LogP contribution in [0.3, 0.4) is 0 Å². The highest BCUT2D eigenvalue weighted by atomic mass is 32.2. The molecule has 0 bridgehead atoms. The minimum atomic E-state index is -3.76. The molecule has 0 atom stereocenters. The van der Waals surface area contributed by atoms with Gasteiger partial charge in [0.15, 0.2) is 5.82 Å². The molecule has 8 heteroatoms. The summed E-state index contributed by atoms with van der Waals surface area (Å²) in [6.45, 7) is 3.41. The maximum Gasteiger partial charge on any atom is 0.241 e. The number of hydrogen-bond acceptors (Lipinski definition) is 5. The predicted molar refractivity (Wildman–Crippen MR) is 60.0 cm³/mol. The summed E-state index contributed by atoms with van der Waals surface area (Å²) >= 11 is 0. The number of hydrogen-bond donors (Lipinski definition) is 1. The van der Waals surface area contributed by atoms with E-state index in [1.165, 1.54) is 10.9 Å². The lowest BCUT2D eigenvalue weighted by Crippen LogP contribution is -2.13. The first-order valence-electron chi connectivity index (χ1n) is 4.78. The molecule has 2 rings (SSSR count). The van der Waals surface area contributed by atoms with Gasteiger partial charge in [0.05, 0.1) is 17.6 Å². The van der Waals surface area contributed by atoms with Gasteiger partial charge in [-0.25, -0.2) is 18.2 Å². The van der Waals surface area contributed by atoms with Gasteiger partial charge in [-0.3, -0.25) is 0 Å². The second kappa shape index (κ2) is 3.90. The van der Waals surface area contributed by atoms with E-state index in [-0.39, 0.29) is 4.90 Å². The topological polar surface area (TPSA) is 104 Å². The quantitative estimate of drug-likeness (QED) is 0.806. The molecule has 2 aromatic heterocycles. The first-order valence-corrected chi connectivity index (χ1v) is 6.32. The normalized spacial score (nSPS) is 11.7. The number of aryl methyl sites for hydroxylation is 1. The van der Waals surface area contributed by atoms with Gasteiger partial charge in [-0.2, -0.15) is 10.2 Å². The maximum atomic E-state index is 11.2. The fourth-order valence-corrected chi connectivity index (χ4v) is 2.10. The number of nitrogens with two attached hydrogens (primary N) is 1.